The number of carbonyl (C=O) groups excluding carboxylic acids is 4. The minimum atomic E-state index is -1.41. The second kappa shape index (κ2) is 11.0. The third-order valence-corrected chi connectivity index (χ3v) is 8.72. The zero-order valence-electron chi connectivity index (χ0n) is 21.1. The van der Waals surface area contributed by atoms with Gasteiger partial charge in [0.05, 0.1) is 42.9 Å². The number of hydrogen-bond donors (Lipinski definition) is 0. The molecule has 0 spiro atoms. The average molecular weight is 618 g/mol. The van der Waals surface area contributed by atoms with E-state index in [1.54, 1.807) is 73.6 Å². The molecule has 0 aromatic heterocycles. The van der Waals surface area contributed by atoms with Crippen molar-refractivity contribution < 1.29 is 19.2 Å². The molecule has 2 atom stereocenters. The van der Waals surface area contributed by atoms with Crippen molar-refractivity contribution in [1.82, 2.24) is 9.91 Å². The second-order valence-electron chi connectivity index (χ2n) is 9.23. The molecule has 0 N–H and O–H groups in total. The first-order chi connectivity index (χ1) is 19.0. The van der Waals surface area contributed by atoms with E-state index in [1.807, 2.05) is 6.07 Å². The molecular formula is C28H20Cl4N4O4. The number of para-hydroxylation sites is 1. The molecule has 12 heteroatoms. The molecule has 2 heterocycles. The summed E-state index contributed by atoms with van der Waals surface area (Å²) in [6, 6.07) is 15.7. The Hall–Kier alpha value is -3.27. The lowest BCUT2D eigenvalue weighted by molar-refractivity contribution is -0.122. The highest BCUT2D eigenvalue weighted by Crippen LogP contribution is 2.45. The number of benzene rings is 3. The molecule has 2 aliphatic heterocycles. The maximum absolute atomic E-state index is 13.8. The molecular weight excluding hydrogens is 598 g/mol. The van der Waals surface area contributed by atoms with Gasteiger partial charge in [-0.05, 0) is 24.6 Å². The average Bonchev–Trinajstić information content (AvgIpc) is 3.33. The first-order valence-electron chi connectivity index (χ1n) is 12.1. The van der Waals surface area contributed by atoms with E-state index in [9.17, 15) is 19.2 Å². The number of anilines is 1. The van der Waals surface area contributed by atoms with Gasteiger partial charge in [-0.3, -0.25) is 24.1 Å². The number of hydrazine groups is 1. The van der Waals surface area contributed by atoms with Crippen LogP contribution in [-0.2, 0) is 16.0 Å². The monoisotopic (exact) mass is 616 g/mol. The lowest BCUT2D eigenvalue weighted by Crippen LogP contribution is -2.46. The normalized spacial score (nSPS) is 19.1. The number of imide groups is 1. The molecule has 2 aliphatic rings. The summed E-state index contributed by atoms with van der Waals surface area (Å²) in [7, 11) is 1.70. The third-order valence-electron chi connectivity index (χ3n) is 6.92. The molecule has 0 aliphatic carbocycles. The smallest absolute Gasteiger partial charge is 0.270 e. The molecule has 2 unspecified atom stereocenters. The van der Waals surface area contributed by atoms with Crippen LogP contribution in [0.4, 0.5) is 5.69 Å². The molecule has 4 amide bonds. The zero-order chi connectivity index (χ0) is 28.9. The minimum Gasteiger partial charge on any atom is -0.270 e. The van der Waals surface area contributed by atoms with E-state index >= 15 is 0 Å². The van der Waals surface area contributed by atoms with Gasteiger partial charge in [0.15, 0.2) is 0 Å². The SMILES string of the molecule is CC1C(=NC(=O)C(Cc2ccccc2)N2C(=O)c3c(Cl)c(Cl)c(Cl)c(Cl)c3C2=O)C(=O)N(c2ccccc2)N1C. The Morgan fingerprint density at radius 2 is 1.30 bits per heavy atom. The maximum atomic E-state index is 13.8. The van der Waals surface area contributed by atoms with Gasteiger partial charge in [0.2, 0.25) is 0 Å². The van der Waals surface area contributed by atoms with Crippen molar-refractivity contribution >= 4 is 81.4 Å². The number of fused-ring (bicyclic) bond motifs is 1. The summed E-state index contributed by atoms with van der Waals surface area (Å²) in [6.07, 6.45) is -0.0700. The first kappa shape index (κ1) is 28.3. The topological polar surface area (TPSA) is 90.4 Å². The van der Waals surface area contributed by atoms with Crippen LogP contribution in [0.3, 0.4) is 0 Å². The van der Waals surface area contributed by atoms with E-state index in [0.717, 1.165) is 4.90 Å². The lowest BCUT2D eigenvalue weighted by atomic mass is 10.0. The van der Waals surface area contributed by atoms with E-state index < -0.39 is 35.7 Å². The van der Waals surface area contributed by atoms with E-state index in [4.69, 9.17) is 46.4 Å². The molecule has 5 rings (SSSR count). The van der Waals surface area contributed by atoms with Crippen LogP contribution in [0.5, 0.6) is 0 Å². The van der Waals surface area contributed by atoms with E-state index in [2.05, 4.69) is 4.99 Å². The first-order valence-corrected chi connectivity index (χ1v) is 13.6. The molecule has 0 radical (unpaired) electrons. The van der Waals surface area contributed by atoms with Gasteiger partial charge < -0.3 is 0 Å². The number of aliphatic imine (C=N–C) groups is 1. The number of hydrogen-bond acceptors (Lipinski definition) is 5. The largest absolute Gasteiger partial charge is 0.289 e. The standard InChI is InChI=1S/C28H20Cl4N4O4/c1-14-24(28(40)36(34(14)2)16-11-7-4-8-12-16)33-25(37)17(13-15-9-5-3-6-10-15)35-26(38)18-19(27(35)39)21(30)23(32)22(31)20(18)29/h3-12,14,17H,13H2,1-2H3. The second-order valence-corrected chi connectivity index (χ2v) is 10.7. The van der Waals surface area contributed by atoms with Gasteiger partial charge in [0.1, 0.15) is 11.8 Å². The van der Waals surface area contributed by atoms with Crippen LogP contribution in [0.15, 0.2) is 65.7 Å². The van der Waals surface area contributed by atoms with Gasteiger partial charge in [-0.2, -0.15) is 0 Å². The van der Waals surface area contributed by atoms with Crippen LogP contribution in [0.1, 0.15) is 33.2 Å². The molecule has 8 nitrogen and oxygen atoms in total. The summed E-state index contributed by atoms with van der Waals surface area (Å²) >= 11 is 24.9. The number of rotatable bonds is 5. The van der Waals surface area contributed by atoms with E-state index in [1.165, 1.54) is 5.01 Å². The van der Waals surface area contributed by atoms with Crippen LogP contribution >= 0.6 is 46.4 Å². The summed E-state index contributed by atoms with van der Waals surface area (Å²) in [5, 5.41) is 2.20. The number of amides is 4. The van der Waals surface area contributed by atoms with Crippen LogP contribution < -0.4 is 5.01 Å². The van der Waals surface area contributed by atoms with Crippen molar-refractivity contribution in [3.63, 3.8) is 0 Å². The number of nitrogens with zero attached hydrogens (tertiary/aromatic N) is 4. The molecule has 3 aromatic rings. The summed E-state index contributed by atoms with van der Waals surface area (Å²) in [6.45, 7) is 1.73. The number of carbonyl (C=O) groups is 4. The minimum absolute atomic E-state index is 0.0341. The fraction of sp³-hybridized carbons (Fsp3) is 0.179. The molecule has 204 valence electrons. The fourth-order valence-corrected chi connectivity index (χ4v) is 5.77. The summed E-state index contributed by atoms with van der Waals surface area (Å²) in [5.41, 5.74) is 0.723. The van der Waals surface area contributed by atoms with Crippen molar-refractivity contribution in [2.45, 2.75) is 25.4 Å². The van der Waals surface area contributed by atoms with Crippen LogP contribution in [0.25, 0.3) is 0 Å². The van der Waals surface area contributed by atoms with Crippen molar-refractivity contribution in [1.29, 1.82) is 0 Å². The number of halogens is 4. The molecule has 40 heavy (non-hydrogen) atoms. The predicted octanol–water partition coefficient (Wildman–Crippen LogP) is 5.76. The molecule has 3 aromatic carbocycles. The van der Waals surface area contributed by atoms with Gasteiger partial charge in [0.25, 0.3) is 23.6 Å². The lowest BCUT2D eigenvalue weighted by Gasteiger charge is -2.25. The quantitative estimate of drug-likeness (QED) is 0.206. The van der Waals surface area contributed by atoms with Gasteiger partial charge in [0, 0.05) is 13.5 Å². The van der Waals surface area contributed by atoms with Crippen molar-refractivity contribution in [2.24, 2.45) is 4.99 Å². The van der Waals surface area contributed by atoms with Crippen LogP contribution in [-0.4, -0.2) is 58.4 Å². The Morgan fingerprint density at radius 3 is 1.82 bits per heavy atom. The van der Waals surface area contributed by atoms with Crippen LogP contribution in [0.2, 0.25) is 20.1 Å². The highest BCUT2D eigenvalue weighted by atomic mass is 35.5. The van der Waals surface area contributed by atoms with Crippen molar-refractivity contribution in [2.75, 3.05) is 12.1 Å². The maximum Gasteiger partial charge on any atom is 0.289 e. The molecule has 0 bridgehead atoms. The summed E-state index contributed by atoms with van der Waals surface area (Å²) < 4.78 is 0. The zero-order valence-corrected chi connectivity index (χ0v) is 24.1. The Labute approximate surface area is 249 Å². The van der Waals surface area contributed by atoms with E-state index in [0.29, 0.717) is 11.3 Å². The van der Waals surface area contributed by atoms with Gasteiger partial charge in [-0.1, -0.05) is 94.9 Å². The Kier molecular flexibility index (Phi) is 7.74. The Bertz CT molecular complexity index is 1550. The Balaban J connectivity index is 1.57. The van der Waals surface area contributed by atoms with E-state index in [-0.39, 0.29) is 43.3 Å². The van der Waals surface area contributed by atoms with Crippen molar-refractivity contribution in [3.05, 3.63) is 97.4 Å². The highest BCUT2D eigenvalue weighted by molar-refractivity contribution is 6.55. The van der Waals surface area contributed by atoms with Gasteiger partial charge in [-0.25, -0.2) is 15.0 Å². The van der Waals surface area contributed by atoms with Crippen molar-refractivity contribution in [3.8, 4) is 0 Å². The predicted molar refractivity (Wildman–Crippen MR) is 155 cm³/mol. The van der Waals surface area contributed by atoms with Crippen LogP contribution in [0, 0.1) is 0 Å². The van der Waals surface area contributed by atoms with Gasteiger partial charge in [-0.15, -0.1) is 0 Å². The molecule has 1 fully saturated rings. The molecule has 1 saturated heterocycles. The third kappa shape index (κ3) is 4.60. The highest BCUT2D eigenvalue weighted by Gasteiger charge is 2.48. The molecule has 0 saturated carbocycles. The summed E-state index contributed by atoms with van der Waals surface area (Å²) in [5.74, 6) is -3.09. The van der Waals surface area contributed by atoms with Gasteiger partial charge >= 0.3 is 0 Å². The summed E-state index contributed by atoms with van der Waals surface area (Å²) in [4.78, 5) is 59.4. The fourth-order valence-electron chi connectivity index (χ4n) is 4.76. The Morgan fingerprint density at radius 1 is 0.800 bits per heavy atom.